The summed E-state index contributed by atoms with van der Waals surface area (Å²) >= 11 is 0. The lowest BCUT2D eigenvalue weighted by atomic mass is 10.3. The number of rotatable bonds is 5. The first-order valence-electron chi connectivity index (χ1n) is 10.6. The van der Waals surface area contributed by atoms with Crippen LogP contribution in [-0.4, -0.2) is 23.1 Å². The van der Waals surface area contributed by atoms with Crippen LogP contribution in [0.15, 0.2) is 115 Å². The Morgan fingerprint density at radius 1 is 0.688 bits per heavy atom. The first-order chi connectivity index (χ1) is 15.3. The molecule has 4 aromatic rings. The second kappa shape index (κ2) is 9.77. The van der Waals surface area contributed by atoms with Gasteiger partial charge in [0.2, 0.25) is 0 Å². The van der Waals surface area contributed by atoms with E-state index in [2.05, 4.69) is 77.8 Å². The Bertz CT molecular complexity index is 1060. The Labute approximate surface area is 200 Å². The molecule has 3 nitrogen and oxygen atoms in total. The Hall–Kier alpha value is -2.81. The van der Waals surface area contributed by atoms with Crippen molar-refractivity contribution in [1.29, 1.82) is 0 Å². The molecule has 0 saturated carbocycles. The number of aromatic nitrogens is 1. The number of carbonyl (C=O) groups excluding carboxylic acids is 1. The van der Waals surface area contributed by atoms with Crippen molar-refractivity contribution in [2.75, 3.05) is 11.4 Å². The SMILES string of the molecule is O=C1C([P+](c2ccccc2)(c2ccccc2)c2ccccc2)CCN1c1ccccn1.[Br-]. The molecule has 0 aliphatic carbocycles. The van der Waals surface area contributed by atoms with Crippen LogP contribution in [0.2, 0.25) is 0 Å². The van der Waals surface area contributed by atoms with E-state index in [1.54, 1.807) is 6.20 Å². The predicted molar refractivity (Wildman–Crippen MR) is 130 cm³/mol. The molecule has 1 atom stereocenters. The van der Waals surface area contributed by atoms with Crippen LogP contribution in [0.1, 0.15) is 6.42 Å². The first kappa shape index (κ1) is 22.4. The number of carbonyl (C=O) groups is 1. The molecule has 3 aromatic carbocycles. The van der Waals surface area contributed by atoms with Crippen molar-refractivity contribution in [3.8, 4) is 0 Å². The Morgan fingerprint density at radius 3 is 1.59 bits per heavy atom. The van der Waals surface area contributed by atoms with Crippen molar-refractivity contribution < 1.29 is 21.8 Å². The van der Waals surface area contributed by atoms with Gasteiger partial charge in [0.15, 0.2) is 5.66 Å². The van der Waals surface area contributed by atoms with Gasteiger partial charge >= 0.3 is 0 Å². The van der Waals surface area contributed by atoms with Gasteiger partial charge in [0.05, 0.1) is 0 Å². The summed E-state index contributed by atoms with van der Waals surface area (Å²) in [6, 6.07) is 37.6. The van der Waals surface area contributed by atoms with Crippen LogP contribution in [0.3, 0.4) is 0 Å². The zero-order valence-corrected chi connectivity index (χ0v) is 20.1. The average Bonchev–Trinajstić information content (AvgIpc) is 3.24. The number of amides is 1. The van der Waals surface area contributed by atoms with E-state index in [-0.39, 0.29) is 28.5 Å². The van der Waals surface area contributed by atoms with Crippen LogP contribution < -0.4 is 37.8 Å². The van der Waals surface area contributed by atoms with Crippen molar-refractivity contribution in [2.24, 2.45) is 0 Å². The third-order valence-electron chi connectivity index (χ3n) is 6.06. The Kier molecular flexibility index (Phi) is 6.83. The summed E-state index contributed by atoms with van der Waals surface area (Å²) in [7, 11) is -2.23. The molecule has 0 bridgehead atoms. The van der Waals surface area contributed by atoms with Gasteiger partial charge in [-0.3, -0.25) is 9.69 Å². The molecule has 0 N–H and O–H groups in total. The third kappa shape index (κ3) is 3.79. The normalized spacial score (nSPS) is 15.9. The van der Waals surface area contributed by atoms with Crippen LogP contribution in [0.5, 0.6) is 0 Å². The monoisotopic (exact) mass is 502 g/mol. The fraction of sp³-hybridized carbons (Fsp3) is 0.111. The molecule has 0 spiro atoms. The molecule has 1 amide bonds. The van der Waals surface area contributed by atoms with Crippen LogP contribution >= 0.6 is 7.26 Å². The van der Waals surface area contributed by atoms with Crippen molar-refractivity contribution >= 4 is 34.9 Å². The lowest BCUT2D eigenvalue weighted by molar-refractivity contribution is -0.116. The molecule has 5 heteroatoms. The maximum atomic E-state index is 14.0. The molecule has 2 heterocycles. The van der Waals surface area contributed by atoms with Crippen LogP contribution in [0.25, 0.3) is 0 Å². The molecule has 1 saturated heterocycles. The summed E-state index contributed by atoms with van der Waals surface area (Å²) in [4.78, 5) is 20.3. The topological polar surface area (TPSA) is 33.2 Å². The molecule has 1 aliphatic heterocycles. The summed E-state index contributed by atoms with van der Waals surface area (Å²) < 4.78 is 0. The van der Waals surface area contributed by atoms with Gasteiger partial charge in [-0.1, -0.05) is 60.7 Å². The number of hydrogen-bond acceptors (Lipinski definition) is 2. The van der Waals surface area contributed by atoms with E-state index in [0.29, 0.717) is 6.54 Å². The fourth-order valence-electron chi connectivity index (χ4n) is 4.74. The van der Waals surface area contributed by atoms with E-state index >= 15 is 0 Å². The van der Waals surface area contributed by atoms with E-state index < -0.39 is 7.26 Å². The highest BCUT2D eigenvalue weighted by Crippen LogP contribution is 2.62. The Morgan fingerprint density at radius 2 is 1.16 bits per heavy atom. The number of benzene rings is 3. The molecule has 160 valence electrons. The maximum absolute atomic E-state index is 14.0. The summed E-state index contributed by atoms with van der Waals surface area (Å²) in [6.07, 6.45) is 2.56. The van der Waals surface area contributed by atoms with Crippen LogP contribution in [0.4, 0.5) is 5.82 Å². The molecule has 1 aromatic heterocycles. The summed E-state index contributed by atoms with van der Waals surface area (Å²) in [5, 5.41) is 3.73. The van der Waals surface area contributed by atoms with Gasteiger partial charge in [-0.2, -0.15) is 0 Å². The zero-order chi connectivity index (χ0) is 21.1. The van der Waals surface area contributed by atoms with Crippen LogP contribution in [0, 0.1) is 0 Å². The molecular formula is C27H24BrN2OP. The highest BCUT2D eigenvalue weighted by Gasteiger charge is 2.58. The van der Waals surface area contributed by atoms with Crippen molar-refractivity contribution in [1.82, 2.24) is 4.98 Å². The Balaban J connectivity index is 0.00000245. The van der Waals surface area contributed by atoms with E-state index in [1.165, 1.54) is 15.9 Å². The highest BCUT2D eigenvalue weighted by molar-refractivity contribution is 7.97. The zero-order valence-electron chi connectivity index (χ0n) is 17.6. The van der Waals surface area contributed by atoms with Crippen LogP contribution in [-0.2, 0) is 4.79 Å². The number of pyridine rings is 1. The van der Waals surface area contributed by atoms with E-state index in [9.17, 15) is 4.79 Å². The van der Waals surface area contributed by atoms with Gasteiger partial charge in [0.1, 0.15) is 29.0 Å². The quantitative estimate of drug-likeness (QED) is 0.384. The smallest absolute Gasteiger partial charge is 0.270 e. The number of nitrogens with zero attached hydrogens (tertiary/aromatic N) is 2. The van der Waals surface area contributed by atoms with Crippen molar-refractivity contribution in [3.05, 3.63) is 115 Å². The summed E-state index contributed by atoms with van der Waals surface area (Å²) in [5.74, 6) is 0.908. The molecule has 5 rings (SSSR count). The lowest BCUT2D eigenvalue weighted by Gasteiger charge is -2.31. The van der Waals surface area contributed by atoms with Gasteiger partial charge in [-0.25, -0.2) is 4.98 Å². The molecule has 1 unspecified atom stereocenters. The first-order valence-corrected chi connectivity index (χ1v) is 12.5. The van der Waals surface area contributed by atoms with Gasteiger partial charge in [0, 0.05) is 19.2 Å². The minimum Gasteiger partial charge on any atom is -1.00 e. The highest BCUT2D eigenvalue weighted by atomic mass is 79.9. The van der Waals surface area contributed by atoms with Gasteiger partial charge in [-0.15, -0.1) is 0 Å². The molecule has 1 fully saturated rings. The standard InChI is InChI=1S/C27H24N2OP.BrH/c30-27-25(19-21-29(27)26-18-10-11-20-28-26)31(22-12-4-1-5-13-22,23-14-6-2-7-15-23)24-16-8-3-9-17-24;/h1-18,20,25H,19,21H2;1H/q+1;/p-1. The van der Waals surface area contributed by atoms with E-state index in [4.69, 9.17) is 0 Å². The minimum absolute atomic E-state index is 0. The van der Waals surface area contributed by atoms with Gasteiger partial charge in [-0.05, 0) is 48.5 Å². The summed E-state index contributed by atoms with van der Waals surface area (Å²) in [6.45, 7) is 0.689. The van der Waals surface area contributed by atoms with Gasteiger partial charge < -0.3 is 17.0 Å². The predicted octanol–water partition coefficient (Wildman–Crippen LogP) is 1.18. The minimum atomic E-state index is -2.23. The second-order valence-corrected chi connectivity index (χ2v) is 11.3. The number of hydrogen-bond donors (Lipinski definition) is 0. The molecule has 32 heavy (non-hydrogen) atoms. The molecular weight excluding hydrogens is 479 g/mol. The van der Waals surface area contributed by atoms with Crippen molar-refractivity contribution in [3.63, 3.8) is 0 Å². The largest absolute Gasteiger partial charge is 1.00 e. The van der Waals surface area contributed by atoms with E-state index in [0.717, 1.165) is 12.2 Å². The average molecular weight is 503 g/mol. The fourth-order valence-corrected chi connectivity index (χ4v) is 9.62. The molecule has 0 radical (unpaired) electrons. The number of halogens is 1. The summed E-state index contributed by atoms with van der Waals surface area (Å²) in [5.41, 5.74) is -0.123. The maximum Gasteiger partial charge on any atom is 0.270 e. The van der Waals surface area contributed by atoms with E-state index in [1.807, 2.05) is 41.3 Å². The second-order valence-electron chi connectivity index (χ2n) is 7.71. The van der Waals surface area contributed by atoms with Gasteiger partial charge in [0.25, 0.3) is 5.91 Å². The van der Waals surface area contributed by atoms with Crippen molar-refractivity contribution in [2.45, 2.75) is 12.1 Å². The number of anilines is 1. The lowest BCUT2D eigenvalue weighted by Crippen LogP contribution is -3.00. The molecule has 1 aliphatic rings. The third-order valence-corrected chi connectivity index (χ3v) is 10.8.